The Labute approximate surface area is 171 Å². The lowest BCUT2D eigenvalue weighted by molar-refractivity contribution is 0.192. The highest BCUT2D eigenvalue weighted by Crippen LogP contribution is 2.35. The molecule has 146 valence electrons. The Morgan fingerprint density at radius 2 is 1.83 bits per heavy atom. The van der Waals surface area contributed by atoms with E-state index in [2.05, 4.69) is 5.10 Å². The van der Waals surface area contributed by atoms with Gasteiger partial charge in [0.2, 0.25) is 6.86 Å². The van der Waals surface area contributed by atoms with E-state index in [1.807, 2.05) is 49.8 Å². The number of halogens is 1. The Bertz CT molecular complexity index is 1170. The molecule has 0 saturated heterocycles. The van der Waals surface area contributed by atoms with Crippen LogP contribution in [0.4, 0.5) is 4.39 Å². The van der Waals surface area contributed by atoms with E-state index in [-0.39, 0.29) is 5.56 Å². The molecule has 0 fully saturated rings. The van der Waals surface area contributed by atoms with E-state index in [1.54, 1.807) is 45.8 Å². The van der Waals surface area contributed by atoms with Crippen LogP contribution in [0.5, 0.6) is 5.75 Å². The molecule has 0 N–H and O–H groups in total. The first-order valence-corrected chi connectivity index (χ1v) is 9.73. The molecular weight excluding hydrogens is 389 g/mol. The summed E-state index contributed by atoms with van der Waals surface area (Å²) in [6.45, 7) is -0.893. The van der Waals surface area contributed by atoms with Crippen molar-refractivity contribution in [1.82, 2.24) is 14.3 Å². The Morgan fingerprint density at radius 3 is 2.48 bits per heavy atom. The van der Waals surface area contributed by atoms with Gasteiger partial charge in [-0.25, -0.2) is 4.39 Å². The number of alkyl halides is 1. The standard InChI is InChI=1S/C22H18FN3O2S/c1-25-13-16(12-24-25)20-14-26(17-7-9-18(10-8-17)28-15-23)22(27)11-21(20)29-19-5-3-2-4-6-19/h2-14H,15H2,1H3. The van der Waals surface area contributed by atoms with Gasteiger partial charge in [-0.2, -0.15) is 5.10 Å². The lowest BCUT2D eigenvalue weighted by atomic mass is 10.1. The number of benzene rings is 2. The van der Waals surface area contributed by atoms with Gasteiger partial charge in [0.1, 0.15) is 5.75 Å². The predicted molar refractivity (Wildman–Crippen MR) is 111 cm³/mol. The topological polar surface area (TPSA) is 49.0 Å². The van der Waals surface area contributed by atoms with Gasteiger partial charge in [0.05, 0.1) is 6.20 Å². The summed E-state index contributed by atoms with van der Waals surface area (Å²) in [4.78, 5) is 14.8. The molecule has 4 aromatic rings. The molecule has 0 atom stereocenters. The van der Waals surface area contributed by atoms with Gasteiger partial charge >= 0.3 is 0 Å². The van der Waals surface area contributed by atoms with Gasteiger partial charge in [0, 0.05) is 52.1 Å². The van der Waals surface area contributed by atoms with Crippen LogP contribution in [0.3, 0.4) is 0 Å². The molecule has 0 radical (unpaired) electrons. The summed E-state index contributed by atoms with van der Waals surface area (Å²) in [6.07, 6.45) is 5.50. The predicted octanol–water partition coefficient (Wildman–Crippen LogP) is 4.70. The zero-order chi connectivity index (χ0) is 20.2. The molecule has 0 bridgehead atoms. The second-order valence-corrected chi connectivity index (χ2v) is 7.44. The van der Waals surface area contributed by atoms with Crippen molar-refractivity contribution in [3.05, 3.63) is 89.6 Å². The quantitative estimate of drug-likeness (QED) is 0.465. The van der Waals surface area contributed by atoms with E-state index >= 15 is 0 Å². The largest absolute Gasteiger partial charge is 0.463 e. The molecule has 4 rings (SSSR count). The zero-order valence-electron chi connectivity index (χ0n) is 15.7. The monoisotopic (exact) mass is 407 g/mol. The minimum absolute atomic E-state index is 0.157. The number of rotatable bonds is 6. The molecule has 2 heterocycles. The van der Waals surface area contributed by atoms with E-state index < -0.39 is 6.86 Å². The second-order valence-electron chi connectivity index (χ2n) is 6.32. The van der Waals surface area contributed by atoms with Crippen LogP contribution in [0.1, 0.15) is 0 Å². The molecule has 0 aliphatic rings. The summed E-state index contributed by atoms with van der Waals surface area (Å²) in [7, 11) is 1.85. The third-order valence-electron chi connectivity index (χ3n) is 4.34. The van der Waals surface area contributed by atoms with E-state index in [9.17, 15) is 9.18 Å². The van der Waals surface area contributed by atoms with Gasteiger partial charge in [0.15, 0.2) is 0 Å². The van der Waals surface area contributed by atoms with E-state index in [0.29, 0.717) is 11.4 Å². The molecule has 0 spiro atoms. The first-order chi connectivity index (χ1) is 14.1. The van der Waals surface area contributed by atoms with Crippen molar-refractivity contribution in [2.45, 2.75) is 9.79 Å². The highest BCUT2D eigenvalue weighted by Gasteiger charge is 2.13. The maximum atomic E-state index is 12.9. The Hall–Kier alpha value is -3.32. The summed E-state index contributed by atoms with van der Waals surface area (Å²) in [5.41, 5.74) is 2.32. The van der Waals surface area contributed by atoms with E-state index in [4.69, 9.17) is 4.74 Å². The molecular formula is C22H18FN3O2S. The summed E-state index contributed by atoms with van der Waals surface area (Å²) in [6, 6.07) is 18.3. The molecule has 0 amide bonds. The van der Waals surface area contributed by atoms with Crippen molar-refractivity contribution in [2.75, 3.05) is 6.86 Å². The maximum Gasteiger partial charge on any atom is 0.256 e. The smallest absolute Gasteiger partial charge is 0.256 e. The molecule has 2 aromatic heterocycles. The van der Waals surface area contributed by atoms with Crippen LogP contribution in [-0.4, -0.2) is 21.2 Å². The Kier molecular flexibility index (Phi) is 5.48. The van der Waals surface area contributed by atoms with Gasteiger partial charge in [-0.1, -0.05) is 30.0 Å². The number of hydrogen-bond donors (Lipinski definition) is 0. The fourth-order valence-corrected chi connectivity index (χ4v) is 3.95. The van der Waals surface area contributed by atoms with Gasteiger partial charge < -0.3 is 4.74 Å². The van der Waals surface area contributed by atoms with Crippen molar-refractivity contribution in [1.29, 1.82) is 0 Å². The fraction of sp³-hybridized carbons (Fsp3) is 0.0909. The van der Waals surface area contributed by atoms with Crippen molar-refractivity contribution < 1.29 is 9.13 Å². The van der Waals surface area contributed by atoms with Crippen LogP contribution in [-0.2, 0) is 7.05 Å². The number of ether oxygens (including phenoxy) is 1. The third-order valence-corrected chi connectivity index (χ3v) is 5.40. The molecule has 7 heteroatoms. The van der Waals surface area contributed by atoms with Crippen LogP contribution >= 0.6 is 11.8 Å². The summed E-state index contributed by atoms with van der Waals surface area (Å²) in [5, 5.41) is 4.27. The molecule has 0 saturated carbocycles. The van der Waals surface area contributed by atoms with Crippen molar-refractivity contribution >= 4 is 11.8 Å². The number of pyridine rings is 1. The first-order valence-electron chi connectivity index (χ1n) is 8.92. The van der Waals surface area contributed by atoms with Crippen LogP contribution in [0, 0.1) is 0 Å². The minimum atomic E-state index is -0.893. The summed E-state index contributed by atoms with van der Waals surface area (Å²) >= 11 is 1.53. The van der Waals surface area contributed by atoms with E-state index in [0.717, 1.165) is 20.9 Å². The minimum Gasteiger partial charge on any atom is -0.463 e. The Morgan fingerprint density at radius 1 is 1.07 bits per heavy atom. The number of aryl methyl sites for hydroxylation is 1. The molecule has 29 heavy (non-hydrogen) atoms. The summed E-state index contributed by atoms with van der Waals surface area (Å²) in [5.74, 6) is 0.410. The van der Waals surface area contributed by atoms with Gasteiger partial charge in [-0.15, -0.1) is 0 Å². The van der Waals surface area contributed by atoms with Crippen molar-refractivity contribution in [3.8, 4) is 22.6 Å². The lowest BCUT2D eigenvalue weighted by Crippen LogP contribution is -2.17. The molecule has 5 nitrogen and oxygen atoms in total. The normalized spacial score (nSPS) is 10.8. The lowest BCUT2D eigenvalue weighted by Gasteiger charge is -2.13. The van der Waals surface area contributed by atoms with Crippen molar-refractivity contribution in [3.63, 3.8) is 0 Å². The van der Waals surface area contributed by atoms with Crippen LogP contribution in [0.15, 0.2) is 93.8 Å². The average molecular weight is 407 g/mol. The summed E-state index contributed by atoms with van der Waals surface area (Å²) < 4.78 is 20.5. The third kappa shape index (κ3) is 4.25. The van der Waals surface area contributed by atoms with E-state index in [1.165, 1.54) is 11.8 Å². The number of nitrogens with zero attached hydrogens (tertiary/aromatic N) is 3. The Balaban J connectivity index is 1.80. The van der Waals surface area contributed by atoms with Crippen LogP contribution in [0.25, 0.3) is 16.8 Å². The maximum absolute atomic E-state index is 12.9. The van der Waals surface area contributed by atoms with Gasteiger partial charge in [0.25, 0.3) is 5.56 Å². The fourth-order valence-electron chi connectivity index (χ4n) is 2.96. The molecule has 0 aliphatic heterocycles. The SMILES string of the molecule is Cn1cc(-c2cn(-c3ccc(OCF)cc3)c(=O)cc2Sc2ccccc2)cn1. The van der Waals surface area contributed by atoms with Crippen LogP contribution in [0.2, 0.25) is 0 Å². The number of hydrogen-bond acceptors (Lipinski definition) is 4. The first kappa shape index (κ1) is 19.0. The molecule has 0 aliphatic carbocycles. The van der Waals surface area contributed by atoms with Crippen LogP contribution < -0.4 is 10.3 Å². The van der Waals surface area contributed by atoms with Crippen molar-refractivity contribution in [2.24, 2.45) is 7.05 Å². The molecule has 2 aromatic carbocycles. The highest BCUT2D eigenvalue weighted by atomic mass is 32.2. The molecule has 0 unspecified atom stereocenters. The highest BCUT2D eigenvalue weighted by molar-refractivity contribution is 7.99. The average Bonchev–Trinajstić information content (AvgIpc) is 3.16. The second kappa shape index (κ2) is 8.36. The number of aromatic nitrogens is 3. The zero-order valence-corrected chi connectivity index (χ0v) is 16.5. The van der Waals surface area contributed by atoms with Gasteiger partial charge in [-0.05, 0) is 36.4 Å². The van der Waals surface area contributed by atoms with Gasteiger partial charge in [-0.3, -0.25) is 14.0 Å².